The average Bonchev–Trinajstić information content (AvgIpc) is 3.32. The van der Waals surface area contributed by atoms with E-state index in [0.29, 0.717) is 132 Å². The van der Waals surface area contributed by atoms with E-state index in [1.165, 1.54) is 173 Å². The summed E-state index contributed by atoms with van der Waals surface area (Å²) in [5, 5.41) is 8.52. The van der Waals surface area contributed by atoms with Crippen LogP contribution in [0.1, 0.15) is 193 Å². The van der Waals surface area contributed by atoms with Crippen LogP contribution in [0.15, 0.2) is 0 Å². The molecule has 0 atom stereocenters. The fourth-order valence-corrected chi connectivity index (χ4v) is 7.33. The fourth-order valence-electron chi connectivity index (χ4n) is 7.33. The zero-order chi connectivity index (χ0) is 47.4. The van der Waals surface area contributed by atoms with Crippen molar-refractivity contribution in [3.8, 4) is 0 Å². The minimum Gasteiger partial charge on any atom is -0.481 e. The van der Waals surface area contributed by atoms with Crippen LogP contribution in [0.5, 0.6) is 0 Å². The van der Waals surface area contributed by atoms with Gasteiger partial charge in [0.05, 0.1) is 145 Å². The molecule has 1 N–H and O–H groups in total. The summed E-state index contributed by atoms with van der Waals surface area (Å²) in [6, 6.07) is 0. The Labute approximate surface area is 405 Å². The highest BCUT2D eigenvalue weighted by Gasteiger charge is 2.00. The van der Waals surface area contributed by atoms with E-state index in [0.717, 1.165) is 13.0 Å². The minimum absolute atomic E-state index is 0.000867. The summed E-state index contributed by atoms with van der Waals surface area (Å²) in [5.41, 5.74) is 0. The van der Waals surface area contributed by atoms with Gasteiger partial charge >= 0.3 is 5.97 Å². The highest BCUT2D eigenvalue weighted by molar-refractivity contribution is 5.66. The van der Waals surface area contributed by atoms with Gasteiger partial charge in [0.1, 0.15) is 0 Å². The molecule has 0 rings (SSSR count). The van der Waals surface area contributed by atoms with Crippen LogP contribution in [0.3, 0.4) is 0 Å². The first-order valence-corrected chi connectivity index (χ1v) is 27.3. The number of unbranched alkanes of at least 4 members (excludes halogenated alkanes) is 27. The summed E-state index contributed by atoms with van der Waals surface area (Å²) in [7, 11) is 0. The van der Waals surface area contributed by atoms with Crippen molar-refractivity contribution in [2.24, 2.45) is 0 Å². The Hall–Kier alpha value is -0.970. The molecule has 66 heavy (non-hydrogen) atoms. The molecule has 0 unspecified atom stereocenters. The largest absolute Gasteiger partial charge is 0.481 e. The molecule has 0 amide bonds. The number of hydrogen-bond acceptors (Lipinski definition) is 12. The second-order valence-corrected chi connectivity index (χ2v) is 17.4. The predicted molar refractivity (Wildman–Crippen MR) is 266 cm³/mol. The molecule has 0 saturated heterocycles. The van der Waals surface area contributed by atoms with Crippen LogP contribution in [0.2, 0.25) is 0 Å². The summed E-state index contributed by atoms with van der Waals surface area (Å²) >= 11 is 0. The molecule has 0 fully saturated rings. The Balaban J connectivity index is 3.07. The molecule has 396 valence electrons. The van der Waals surface area contributed by atoms with Crippen LogP contribution < -0.4 is 0 Å². The zero-order valence-corrected chi connectivity index (χ0v) is 42.9. The Morgan fingerprint density at radius 3 is 0.561 bits per heavy atom. The third-order valence-corrected chi connectivity index (χ3v) is 11.3. The smallest absolute Gasteiger partial charge is 0.305 e. The standard InChI is InChI=1S/C53H106O13/c1-2-3-4-5-6-7-8-9-10-11-12-13-14-15-16-17-18-19-20-21-22-23-24-25-26-27-28-29-31-56-33-35-58-37-39-60-41-43-62-45-47-64-49-51-66-52-50-65-48-46-63-44-42-61-40-38-59-36-34-57-32-30-53(54)55/h2-52H2,1H3,(H,54,55). The van der Waals surface area contributed by atoms with Crippen molar-refractivity contribution in [1.29, 1.82) is 0 Å². The van der Waals surface area contributed by atoms with Gasteiger partial charge in [0.2, 0.25) is 0 Å². The summed E-state index contributed by atoms with van der Waals surface area (Å²) in [4.78, 5) is 10.4. The van der Waals surface area contributed by atoms with Gasteiger partial charge in [-0.05, 0) is 6.42 Å². The summed E-state index contributed by atoms with van der Waals surface area (Å²) in [5.74, 6) is -0.870. The fraction of sp³-hybridized carbons (Fsp3) is 0.981. The van der Waals surface area contributed by atoms with Crippen molar-refractivity contribution in [2.45, 2.75) is 193 Å². The quantitative estimate of drug-likeness (QED) is 0.0579. The number of hydrogen-bond donors (Lipinski definition) is 1. The molecule has 0 spiro atoms. The number of rotatable bonds is 62. The van der Waals surface area contributed by atoms with E-state index in [1.807, 2.05) is 0 Å². The van der Waals surface area contributed by atoms with Crippen LogP contribution in [0, 0.1) is 0 Å². The summed E-state index contributed by atoms with van der Waals surface area (Å²) in [6.07, 6.45) is 39.9. The molecule has 0 aliphatic heterocycles. The van der Waals surface area contributed by atoms with Gasteiger partial charge in [-0.15, -0.1) is 0 Å². The SMILES string of the molecule is CCCCCCCCCCCCCCCCCCCCCCCCCCCCCCOCCOCCOCCOCCOCCOCCOCCOCCOCCOCCOCCC(=O)O. The number of aliphatic carboxylic acids is 1. The minimum atomic E-state index is -0.870. The van der Waals surface area contributed by atoms with E-state index in [2.05, 4.69) is 6.92 Å². The van der Waals surface area contributed by atoms with Gasteiger partial charge in [-0.1, -0.05) is 180 Å². The van der Waals surface area contributed by atoms with Gasteiger partial charge < -0.3 is 57.2 Å². The molecular weight excluding hydrogens is 845 g/mol. The monoisotopic (exact) mass is 951 g/mol. The third kappa shape index (κ3) is 63.0. The Morgan fingerprint density at radius 2 is 0.379 bits per heavy atom. The highest BCUT2D eigenvalue weighted by Crippen LogP contribution is 2.16. The number of carboxylic acid groups (broad SMARTS) is 1. The molecule has 0 aliphatic carbocycles. The highest BCUT2D eigenvalue weighted by atomic mass is 16.6. The molecule has 0 aromatic rings. The van der Waals surface area contributed by atoms with E-state index in [9.17, 15) is 4.79 Å². The molecule has 0 radical (unpaired) electrons. The number of carboxylic acids is 1. The molecular formula is C53H106O13. The van der Waals surface area contributed by atoms with Gasteiger partial charge in [0, 0.05) is 6.61 Å². The van der Waals surface area contributed by atoms with Crippen LogP contribution >= 0.6 is 0 Å². The third-order valence-electron chi connectivity index (χ3n) is 11.3. The van der Waals surface area contributed by atoms with Crippen LogP contribution in [0.25, 0.3) is 0 Å². The number of ether oxygens (including phenoxy) is 11. The van der Waals surface area contributed by atoms with E-state index < -0.39 is 5.97 Å². The summed E-state index contributed by atoms with van der Waals surface area (Å²) < 4.78 is 60.3. The maximum Gasteiger partial charge on any atom is 0.305 e. The molecule has 0 heterocycles. The first-order valence-electron chi connectivity index (χ1n) is 27.3. The van der Waals surface area contributed by atoms with Gasteiger partial charge in [0.25, 0.3) is 0 Å². The molecule has 0 bridgehead atoms. The van der Waals surface area contributed by atoms with Crippen molar-refractivity contribution in [1.82, 2.24) is 0 Å². The van der Waals surface area contributed by atoms with Gasteiger partial charge in [-0.25, -0.2) is 0 Å². The van der Waals surface area contributed by atoms with Crippen LogP contribution in [-0.4, -0.2) is 156 Å². The first kappa shape index (κ1) is 65.0. The lowest BCUT2D eigenvalue weighted by molar-refractivity contribution is -0.138. The normalized spacial score (nSPS) is 11.7. The van der Waals surface area contributed by atoms with Gasteiger partial charge in [-0.2, -0.15) is 0 Å². The lowest BCUT2D eigenvalue weighted by Crippen LogP contribution is -2.15. The molecule has 13 heteroatoms. The Morgan fingerprint density at radius 1 is 0.227 bits per heavy atom. The van der Waals surface area contributed by atoms with Crippen molar-refractivity contribution in [3.05, 3.63) is 0 Å². The zero-order valence-electron chi connectivity index (χ0n) is 42.9. The van der Waals surface area contributed by atoms with Crippen molar-refractivity contribution >= 4 is 5.97 Å². The predicted octanol–water partition coefficient (Wildman–Crippen LogP) is 11.6. The lowest BCUT2D eigenvalue weighted by atomic mass is 10.0. The van der Waals surface area contributed by atoms with Crippen LogP contribution in [-0.2, 0) is 56.9 Å². The average molecular weight is 951 g/mol. The maximum absolute atomic E-state index is 10.4. The molecule has 13 nitrogen and oxygen atoms in total. The Kier molecular flexibility index (Phi) is 61.1. The van der Waals surface area contributed by atoms with E-state index >= 15 is 0 Å². The first-order chi connectivity index (χ1) is 32.8. The topological polar surface area (TPSA) is 139 Å². The van der Waals surface area contributed by atoms with Gasteiger partial charge in [-0.3, -0.25) is 4.79 Å². The Bertz CT molecular complexity index is 871. The van der Waals surface area contributed by atoms with Crippen molar-refractivity contribution < 1.29 is 62.0 Å². The second kappa shape index (κ2) is 62.0. The lowest BCUT2D eigenvalue weighted by Gasteiger charge is -2.09. The van der Waals surface area contributed by atoms with E-state index in [1.54, 1.807) is 0 Å². The van der Waals surface area contributed by atoms with Gasteiger partial charge in [0.15, 0.2) is 0 Å². The van der Waals surface area contributed by atoms with E-state index in [4.69, 9.17) is 57.2 Å². The molecule has 0 saturated carbocycles. The molecule has 0 aromatic carbocycles. The van der Waals surface area contributed by atoms with E-state index in [-0.39, 0.29) is 13.0 Å². The number of carbonyl (C=O) groups is 1. The van der Waals surface area contributed by atoms with Crippen LogP contribution in [0.4, 0.5) is 0 Å². The second-order valence-electron chi connectivity index (χ2n) is 17.4. The van der Waals surface area contributed by atoms with Crippen molar-refractivity contribution in [2.75, 3.05) is 145 Å². The maximum atomic E-state index is 10.4. The van der Waals surface area contributed by atoms with Crippen molar-refractivity contribution in [3.63, 3.8) is 0 Å². The molecule has 0 aliphatic rings. The summed E-state index contributed by atoms with van der Waals surface area (Å²) in [6.45, 7) is 13.5. The molecule has 0 aromatic heterocycles.